The van der Waals surface area contributed by atoms with E-state index in [1.54, 1.807) is 29.9 Å². The van der Waals surface area contributed by atoms with Gasteiger partial charge in [-0.05, 0) is 103 Å². The molecular weight excluding hydrogens is 624 g/mol. The van der Waals surface area contributed by atoms with Crippen LogP contribution in [-0.2, 0) is 0 Å². The molecule has 2 N–H and O–H groups in total. The molecule has 2 aromatic heterocycles. The number of piperidine rings is 1. The number of methoxy groups -OCH3 is 1. The molecule has 11 heteroatoms. The Morgan fingerprint density at radius 2 is 1.51 bits per heavy atom. The lowest BCUT2D eigenvalue weighted by Gasteiger charge is -2.26. The lowest BCUT2D eigenvalue weighted by Crippen LogP contribution is -2.33. The fourth-order valence-corrected chi connectivity index (χ4v) is 7.07. The van der Waals surface area contributed by atoms with Gasteiger partial charge in [-0.3, -0.25) is 4.90 Å². The third-order valence-electron chi connectivity index (χ3n) is 7.09. The number of likely N-dealkylation sites (tertiary alicyclic amines) is 1. The molecule has 3 aromatic carbocycles. The minimum Gasteiger partial charge on any atom is -0.497 e. The van der Waals surface area contributed by atoms with Crippen molar-refractivity contribution < 1.29 is 24.3 Å². The molecule has 0 spiro atoms. The zero-order valence-electron chi connectivity index (χ0n) is 23.7. The standard InChI is InChI=1S/C28H28ClNO3S.C4H4BClO2S/c1-31-23-10-12-24-20(19-23)5-11-25(28-26(29)13-18-34-28)27(24)33-22-8-6-21(7-9-22)32-17-16-30-14-3-2-4-15-30;6-3-1-2-9-4(3)5(7)8/h5-13,18-19H,2-4,14-17H2,1H3;1-2,7-8H. The van der Waals surface area contributed by atoms with Crippen LogP contribution in [0.3, 0.4) is 0 Å². The van der Waals surface area contributed by atoms with E-state index in [1.807, 2.05) is 53.9 Å². The van der Waals surface area contributed by atoms with Gasteiger partial charge in [0.05, 0.1) is 26.8 Å². The summed E-state index contributed by atoms with van der Waals surface area (Å²) in [6.45, 7) is 4.04. The number of thiophene rings is 2. The molecule has 5 aromatic rings. The van der Waals surface area contributed by atoms with Gasteiger partial charge in [0.15, 0.2) is 0 Å². The van der Waals surface area contributed by atoms with Crippen LogP contribution in [0.1, 0.15) is 19.3 Å². The Kier molecular flexibility index (Phi) is 11.3. The first-order chi connectivity index (χ1) is 20.9. The maximum Gasteiger partial charge on any atom is 0.500 e. The maximum absolute atomic E-state index is 8.57. The van der Waals surface area contributed by atoms with Crippen molar-refractivity contribution in [1.29, 1.82) is 0 Å². The van der Waals surface area contributed by atoms with E-state index in [2.05, 4.69) is 17.0 Å². The first-order valence-electron chi connectivity index (χ1n) is 14.0. The van der Waals surface area contributed by atoms with Gasteiger partial charge in [-0.15, -0.1) is 11.3 Å². The van der Waals surface area contributed by atoms with Gasteiger partial charge in [0.1, 0.15) is 29.6 Å². The normalized spacial score (nSPS) is 13.3. The fraction of sp³-hybridized carbons (Fsp3) is 0.250. The van der Waals surface area contributed by atoms with Crippen molar-refractivity contribution in [2.45, 2.75) is 19.3 Å². The lowest BCUT2D eigenvalue weighted by atomic mass is 9.90. The van der Waals surface area contributed by atoms with Crippen molar-refractivity contribution in [3.8, 4) is 33.4 Å². The van der Waals surface area contributed by atoms with E-state index >= 15 is 0 Å². The number of ether oxygens (including phenoxy) is 3. The Labute approximate surface area is 270 Å². The van der Waals surface area contributed by atoms with Crippen molar-refractivity contribution in [3.63, 3.8) is 0 Å². The summed E-state index contributed by atoms with van der Waals surface area (Å²) in [5.74, 6) is 3.20. The van der Waals surface area contributed by atoms with Gasteiger partial charge in [0.2, 0.25) is 0 Å². The minimum atomic E-state index is -1.43. The SMILES string of the molecule is COc1ccc2c(Oc3ccc(OCCN4CCCCC4)cc3)c(-c3sccc3Cl)ccc2c1.OB(O)c1sccc1Cl. The van der Waals surface area contributed by atoms with Crippen LogP contribution in [0.15, 0.2) is 77.5 Å². The van der Waals surface area contributed by atoms with E-state index in [1.165, 1.54) is 43.7 Å². The van der Waals surface area contributed by atoms with Gasteiger partial charge in [0, 0.05) is 17.5 Å². The highest BCUT2D eigenvalue weighted by atomic mass is 35.5. The molecule has 1 aliphatic heterocycles. The number of fused-ring (bicyclic) bond motifs is 1. The zero-order valence-corrected chi connectivity index (χ0v) is 26.8. The molecule has 0 atom stereocenters. The second kappa shape index (κ2) is 15.3. The Balaban J connectivity index is 0.000000351. The van der Waals surface area contributed by atoms with Crippen molar-refractivity contribution in [2.24, 2.45) is 0 Å². The quantitative estimate of drug-likeness (QED) is 0.157. The van der Waals surface area contributed by atoms with Crippen LogP contribution >= 0.6 is 45.9 Å². The predicted molar refractivity (Wildman–Crippen MR) is 180 cm³/mol. The van der Waals surface area contributed by atoms with Crippen LogP contribution in [-0.4, -0.2) is 55.4 Å². The second-order valence-electron chi connectivity index (χ2n) is 9.96. The van der Waals surface area contributed by atoms with E-state index in [9.17, 15) is 0 Å². The number of hydrogen-bond acceptors (Lipinski definition) is 8. The van der Waals surface area contributed by atoms with Gasteiger partial charge in [-0.2, -0.15) is 11.3 Å². The Morgan fingerprint density at radius 3 is 2.14 bits per heavy atom. The summed E-state index contributed by atoms with van der Waals surface area (Å²) in [6.07, 6.45) is 3.95. The number of hydrogen-bond donors (Lipinski definition) is 2. The van der Waals surface area contributed by atoms with Gasteiger partial charge in [-0.25, -0.2) is 0 Å². The predicted octanol–water partition coefficient (Wildman–Crippen LogP) is 7.97. The maximum atomic E-state index is 8.57. The summed E-state index contributed by atoms with van der Waals surface area (Å²) in [5.41, 5.74) is 0.972. The first kappa shape index (κ1) is 31.7. The van der Waals surface area contributed by atoms with E-state index in [0.29, 0.717) is 16.4 Å². The molecule has 6 rings (SSSR count). The molecule has 0 radical (unpaired) electrons. The molecule has 43 heavy (non-hydrogen) atoms. The molecule has 1 saturated heterocycles. The Bertz CT molecular complexity index is 1620. The Morgan fingerprint density at radius 1 is 0.814 bits per heavy atom. The molecule has 3 heterocycles. The first-order valence-corrected chi connectivity index (χ1v) is 16.5. The number of benzene rings is 3. The van der Waals surface area contributed by atoms with Crippen LogP contribution in [0.25, 0.3) is 21.2 Å². The molecule has 0 aliphatic carbocycles. The van der Waals surface area contributed by atoms with Crippen molar-refractivity contribution in [2.75, 3.05) is 33.4 Å². The third-order valence-corrected chi connectivity index (χ3v) is 9.86. The van der Waals surface area contributed by atoms with Crippen molar-refractivity contribution in [1.82, 2.24) is 4.90 Å². The summed E-state index contributed by atoms with van der Waals surface area (Å²) in [5, 5.41) is 24.0. The fourth-order valence-electron chi connectivity index (χ4n) is 4.87. The molecule has 224 valence electrons. The molecule has 1 aliphatic rings. The van der Waals surface area contributed by atoms with E-state index in [-0.39, 0.29) is 0 Å². The largest absolute Gasteiger partial charge is 0.500 e. The van der Waals surface area contributed by atoms with Gasteiger partial charge in [0.25, 0.3) is 0 Å². The number of nitrogens with zero attached hydrogens (tertiary/aromatic N) is 1. The number of halogens is 2. The van der Waals surface area contributed by atoms with Gasteiger partial charge in [-0.1, -0.05) is 35.7 Å². The summed E-state index contributed by atoms with van der Waals surface area (Å²) < 4.78 is 18.3. The monoisotopic (exact) mass is 655 g/mol. The topological polar surface area (TPSA) is 71.4 Å². The summed E-state index contributed by atoms with van der Waals surface area (Å²) in [7, 11) is 0.242. The molecule has 0 amide bonds. The van der Waals surface area contributed by atoms with Crippen LogP contribution in [0.4, 0.5) is 0 Å². The van der Waals surface area contributed by atoms with Crippen LogP contribution in [0.2, 0.25) is 10.0 Å². The molecule has 0 bridgehead atoms. The molecule has 1 fully saturated rings. The van der Waals surface area contributed by atoms with Crippen LogP contribution in [0, 0.1) is 0 Å². The average molecular weight is 656 g/mol. The highest BCUT2D eigenvalue weighted by Gasteiger charge is 2.17. The molecular formula is C32H32BCl2NO5S2. The molecule has 0 unspecified atom stereocenters. The summed E-state index contributed by atoms with van der Waals surface area (Å²) in [4.78, 5) is 3.47. The summed E-state index contributed by atoms with van der Waals surface area (Å²) >= 11 is 14.8. The number of rotatable bonds is 9. The smallest absolute Gasteiger partial charge is 0.497 e. The second-order valence-corrected chi connectivity index (χ2v) is 12.6. The lowest BCUT2D eigenvalue weighted by molar-refractivity contribution is 0.183. The molecule has 6 nitrogen and oxygen atoms in total. The van der Waals surface area contributed by atoms with E-state index < -0.39 is 7.12 Å². The van der Waals surface area contributed by atoms with Crippen LogP contribution < -0.4 is 19.0 Å². The van der Waals surface area contributed by atoms with Gasteiger partial charge >= 0.3 is 7.12 Å². The minimum absolute atomic E-state index is 0.400. The molecule has 0 saturated carbocycles. The highest BCUT2D eigenvalue weighted by Crippen LogP contribution is 2.44. The van der Waals surface area contributed by atoms with Gasteiger partial charge < -0.3 is 24.3 Å². The van der Waals surface area contributed by atoms with E-state index in [4.69, 9.17) is 47.5 Å². The van der Waals surface area contributed by atoms with Crippen LogP contribution in [0.5, 0.6) is 23.0 Å². The van der Waals surface area contributed by atoms with Crippen molar-refractivity contribution >= 4 is 68.5 Å². The third kappa shape index (κ3) is 8.25. The Hall–Kier alpha value is -2.76. The average Bonchev–Trinajstić information content (AvgIpc) is 3.66. The summed E-state index contributed by atoms with van der Waals surface area (Å²) in [6, 6.07) is 21.5. The van der Waals surface area contributed by atoms with Crippen molar-refractivity contribution in [3.05, 3.63) is 87.5 Å². The zero-order chi connectivity index (χ0) is 30.2. The highest BCUT2D eigenvalue weighted by molar-refractivity contribution is 7.21. The van der Waals surface area contributed by atoms with E-state index in [0.717, 1.165) is 55.8 Å².